The van der Waals surface area contributed by atoms with E-state index in [-0.39, 0.29) is 0 Å². The minimum Gasteiger partial charge on any atom is -0.330 e. The minimum absolute atomic E-state index is 0.760. The third-order valence-electron chi connectivity index (χ3n) is 3.87. The van der Waals surface area contributed by atoms with Gasteiger partial charge in [0, 0.05) is 19.1 Å². The summed E-state index contributed by atoms with van der Waals surface area (Å²) in [6, 6.07) is 0.760. The number of rotatable bonds is 8. The molecule has 1 unspecified atom stereocenters. The highest BCUT2D eigenvalue weighted by Gasteiger charge is 2.31. The predicted molar refractivity (Wildman–Crippen MR) is 64.8 cm³/mol. The summed E-state index contributed by atoms with van der Waals surface area (Å²) in [5, 5.41) is 0. The second-order valence-electron chi connectivity index (χ2n) is 5.48. The first-order valence-corrected chi connectivity index (χ1v) is 6.77. The van der Waals surface area contributed by atoms with E-state index in [9.17, 15) is 0 Å². The molecule has 1 atom stereocenters. The molecule has 2 aliphatic carbocycles. The lowest BCUT2D eigenvalue weighted by atomic mass is 10.1. The number of hydrogen-bond donors (Lipinski definition) is 1. The van der Waals surface area contributed by atoms with E-state index < -0.39 is 0 Å². The van der Waals surface area contributed by atoms with E-state index in [1.165, 1.54) is 51.6 Å². The molecule has 2 N–H and O–H groups in total. The third kappa shape index (κ3) is 3.76. The highest BCUT2D eigenvalue weighted by Crippen LogP contribution is 2.35. The van der Waals surface area contributed by atoms with E-state index in [2.05, 4.69) is 11.8 Å². The van der Waals surface area contributed by atoms with E-state index in [0.29, 0.717) is 0 Å². The van der Waals surface area contributed by atoms with Gasteiger partial charge in [-0.05, 0) is 56.9 Å². The van der Waals surface area contributed by atoms with Gasteiger partial charge in [-0.3, -0.25) is 4.90 Å². The molecule has 2 rings (SSSR count). The molecule has 2 saturated carbocycles. The Balaban J connectivity index is 1.81. The van der Waals surface area contributed by atoms with Crippen molar-refractivity contribution in [2.24, 2.45) is 17.6 Å². The van der Waals surface area contributed by atoms with Gasteiger partial charge in [0.05, 0.1) is 0 Å². The van der Waals surface area contributed by atoms with Crippen molar-refractivity contribution in [1.29, 1.82) is 0 Å². The lowest BCUT2D eigenvalue weighted by Gasteiger charge is -2.31. The summed E-state index contributed by atoms with van der Waals surface area (Å²) in [6.07, 6.45) is 8.35. The SMILES string of the molecule is CCC(CCN)N(CC1CC1)CC1CC1. The van der Waals surface area contributed by atoms with Crippen molar-refractivity contribution in [2.45, 2.75) is 51.5 Å². The molecule has 0 aromatic rings. The smallest absolute Gasteiger partial charge is 0.0105 e. The fraction of sp³-hybridized carbons (Fsp3) is 1.00. The van der Waals surface area contributed by atoms with Gasteiger partial charge in [0.15, 0.2) is 0 Å². The fourth-order valence-electron chi connectivity index (χ4n) is 2.47. The van der Waals surface area contributed by atoms with Gasteiger partial charge in [-0.15, -0.1) is 0 Å². The zero-order valence-corrected chi connectivity index (χ0v) is 10.1. The van der Waals surface area contributed by atoms with Crippen LogP contribution in [-0.2, 0) is 0 Å². The molecule has 2 heteroatoms. The van der Waals surface area contributed by atoms with Gasteiger partial charge in [-0.25, -0.2) is 0 Å². The van der Waals surface area contributed by atoms with Crippen LogP contribution >= 0.6 is 0 Å². The van der Waals surface area contributed by atoms with Gasteiger partial charge >= 0.3 is 0 Å². The molecule has 2 fully saturated rings. The second kappa shape index (κ2) is 5.31. The first kappa shape index (κ1) is 11.4. The Bertz CT molecular complexity index is 171. The Hall–Kier alpha value is -0.0800. The Labute approximate surface area is 94.2 Å². The van der Waals surface area contributed by atoms with Crippen LogP contribution in [0.25, 0.3) is 0 Å². The van der Waals surface area contributed by atoms with Gasteiger partial charge < -0.3 is 5.73 Å². The van der Waals surface area contributed by atoms with E-state index in [1.807, 2.05) is 0 Å². The van der Waals surface area contributed by atoms with Crippen molar-refractivity contribution in [3.63, 3.8) is 0 Å². The summed E-state index contributed by atoms with van der Waals surface area (Å²) in [7, 11) is 0. The largest absolute Gasteiger partial charge is 0.330 e. The van der Waals surface area contributed by atoms with Crippen molar-refractivity contribution < 1.29 is 0 Å². The monoisotopic (exact) mass is 210 g/mol. The van der Waals surface area contributed by atoms with Crippen LogP contribution in [0.5, 0.6) is 0 Å². The highest BCUT2D eigenvalue weighted by molar-refractivity contribution is 4.85. The molecule has 88 valence electrons. The Morgan fingerprint density at radius 3 is 2.00 bits per heavy atom. The first-order valence-electron chi connectivity index (χ1n) is 6.77. The van der Waals surface area contributed by atoms with Crippen molar-refractivity contribution >= 4 is 0 Å². The molecular weight excluding hydrogens is 184 g/mol. The van der Waals surface area contributed by atoms with Crippen molar-refractivity contribution in [3.05, 3.63) is 0 Å². The molecule has 0 saturated heterocycles. The predicted octanol–water partition coefficient (Wildman–Crippen LogP) is 2.24. The average Bonchev–Trinajstić information content (AvgIpc) is 3.07. The first-order chi connectivity index (χ1) is 7.33. The van der Waals surface area contributed by atoms with Gasteiger partial charge in [0.2, 0.25) is 0 Å². The minimum atomic E-state index is 0.760. The Morgan fingerprint density at radius 1 is 1.13 bits per heavy atom. The molecule has 0 bridgehead atoms. The normalized spacial score (nSPS) is 23.4. The molecule has 0 heterocycles. The van der Waals surface area contributed by atoms with Gasteiger partial charge in [-0.2, -0.15) is 0 Å². The topological polar surface area (TPSA) is 29.3 Å². The van der Waals surface area contributed by atoms with Crippen LogP contribution in [0, 0.1) is 11.8 Å². The maximum atomic E-state index is 5.71. The molecule has 2 aliphatic rings. The Kier molecular flexibility index (Phi) is 4.04. The summed E-state index contributed by atoms with van der Waals surface area (Å²) in [5.74, 6) is 2.05. The van der Waals surface area contributed by atoms with E-state index in [1.54, 1.807) is 0 Å². The molecular formula is C13H26N2. The maximum Gasteiger partial charge on any atom is 0.0105 e. The van der Waals surface area contributed by atoms with Crippen molar-refractivity contribution in [1.82, 2.24) is 4.90 Å². The van der Waals surface area contributed by atoms with E-state index >= 15 is 0 Å². The summed E-state index contributed by atoms with van der Waals surface area (Å²) in [6.45, 7) is 5.88. The molecule has 15 heavy (non-hydrogen) atoms. The van der Waals surface area contributed by atoms with Crippen molar-refractivity contribution in [3.8, 4) is 0 Å². The number of nitrogens with two attached hydrogens (primary N) is 1. The quantitative estimate of drug-likeness (QED) is 0.666. The number of nitrogens with zero attached hydrogens (tertiary/aromatic N) is 1. The number of hydrogen-bond acceptors (Lipinski definition) is 2. The van der Waals surface area contributed by atoms with Crippen LogP contribution in [0.2, 0.25) is 0 Å². The highest BCUT2D eigenvalue weighted by atomic mass is 15.2. The lowest BCUT2D eigenvalue weighted by molar-refractivity contribution is 0.168. The average molecular weight is 210 g/mol. The lowest BCUT2D eigenvalue weighted by Crippen LogP contribution is -2.39. The van der Waals surface area contributed by atoms with Gasteiger partial charge in [0.1, 0.15) is 0 Å². The van der Waals surface area contributed by atoms with Crippen LogP contribution in [0.4, 0.5) is 0 Å². The summed E-state index contributed by atoms with van der Waals surface area (Å²) in [5.41, 5.74) is 5.71. The van der Waals surface area contributed by atoms with Crippen LogP contribution in [0.1, 0.15) is 45.4 Å². The molecule has 0 spiro atoms. The van der Waals surface area contributed by atoms with Gasteiger partial charge in [-0.1, -0.05) is 6.92 Å². The zero-order valence-electron chi connectivity index (χ0n) is 10.1. The zero-order chi connectivity index (χ0) is 10.7. The Morgan fingerprint density at radius 2 is 1.67 bits per heavy atom. The molecule has 0 aliphatic heterocycles. The standard InChI is InChI=1S/C13H26N2/c1-2-13(7-8-14)15(9-11-3-4-11)10-12-5-6-12/h11-13H,2-10,14H2,1H3. The maximum absolute atomic E-state index is 5.71. The summed E-state index contributed by atoms with van der Waals surface area (Å²) >= 11 is 0. The van der Waals surface area contributed by atoms with Crippen LogP contribution in [-0.4, -0.2) is 30.6 Å². The molecule has 2 nitrogen and oxygen atoms in total. The van der Waals surface area contributed by atoms with Crippen molar-refractivity contribution in [2.75, 3.05) is 19.6 Å². The summed E-state index contributed by atoms with van der Waals surface area (Å²) in [4.78, 5) is 2.75. The second-order valence-corrected chi connectivity index (χ2v) is 5.48. The molecule has 0 aromatic carbocycles. The summed E-state index contributed by atoms with van der Waals surface area (Å²) < 4.78 is 0. The fourth-order valence-corrected chi connectivity index (χ4v) is 2.47. The van der Waals surface area contributed by atoms with Crippen LogP contribution < -0.4 is 5.73 Å². The third-order valence-corrected chi connectivity index (χ3v) is 3.87. The van der Waals surface area contributed by atoms with Crippen LogP contribution in [0.3, 0.4) is 0 Å². The molecule has 0 radical (unpaired) electrons. The van der Waals surface area contributed by atoms with E-state index in [4.69, 9.17) is 5.73 Å². The molecule has 0 amide bonds. The van der Waals surface area contributed by atoms with Crippen LogP contribution in [0.15, 0.2) is 0 Å². The van der Waals surface area contributed by atoms with E-state index in [0.717, 1.165) is 24.4 Å². The molecule has 0 aromatic heterocycles. The van der Waals surface area contributed by atoms with Gasteiger partial charge in [0.25, 0.3) is 0 Å².